The summed E-state index contributed by atoms with van der Waals surface area (Å²) in [6.45, 7) is 5.42. The molecule has 0 aliphatic heterocycles. The molecular formula is C11H13Cl2NO2S. The Morgan fingerprint density at radius 3 is 2.47 bits per heavy atom. The number of rotatable bonds is 2. The van der Waals surface area contributed by atoms with Crippen molar-refractivity contribution in [3.8, 4) is 5.75 Å². The minimum atomic E-state index is -1.40. The van der Waals surface area contributed by atoms with Crippen molar-refractivity contribution in [2.75, 3.05) is 0 Å². The molecule has 0 unspecified atom stereocenters. The van der Waals surface area contributed by atoms with Crippen molar-refractivity contribution in [1.82, 2.24) is 0 Å². The van der Waals surface area contributed by atoms with Crippen molar-refractivity contribution >= 4 is 40.4 Å². The summed E-state index contributed by atoms with van der Waals surface area (Å²) in [5.74, 6) is -0.0472. The molecule has 0 aromatic heterocycles. The number of phenols is 1. The van der Waals surface area contributed by atoms with Gasteiger partial charge in [0.25, 0.3) is 0 Å². The standard InChI is InChI=1S/C11H13Cl2NO2S/c1-11(2,3)17(16)14-6-7-9(15)5-4-8(12)10(7)13/h4-6,15H,1-3H3/b14-6+/t17-/m1/s1. The van der Waals surface area contributed by atoms with E-state index in [0.717, 1.165) is 0 Å². The van der Waals surface area contributed by atoms with Gasteiger partial charge in [-0.05, 0) is 32.9 Å². The third kappa shape index (κ3) is 3.69. The molecule has 0 saturated carbocycles. The van der Waals surface area contributed by atoms with Crippen LogP contribution >= 0.6 is 23.2 Å². The topological polar surface area (TPSA) is 49.7 Å². The van der Waals surface area contributed by atoms with E-state index in [-0.39, 0.29) is 16.3 Å². The van der Waals surface area contributed by atoms with Gasteiger partial charge in [-0.2, -0.15) is 4.40 Å². The highest BCUT2D eigenvalue weighted by Gasteiger charge is 2.18. The first kappa shape index (κ1) is 14.5. The van der Waals surface area contributed by atoms with Crippen LogP contribution in [0.25, 0.3) is 0 Å². The van der Waals surface area contributed by atoms with Gasteiger partial charge in [0.2, 0.25) is 0 Å². The number of hydrogen-bond acceptors (Lipinski definition) is 2. The molecule has 1 aromatic rings. The third-order valence-electron chi connectivity index (χ3n) is 1.91. The van der Waals surface area contributed by atoms with Gasteiger partial charge in [0.1, 0.15) is 16.7 Å². The minimum Gasteiger partial charge on any atom is -0.507 e. The van der Waals surface area contributed by atoms with Gasteiger partial charge in [0, 0.05) is 0 Å². The average molecular weight is 294 g/mol. The minimum absolute atomic E-state index is 0.0472. The van der Waals surface area contributed by atoms with Crippen molar-refractivity contribution in [2.24, 2.45) is 4.40 Å². The smallest absolute Gasteiger partial charge is 0.144 e. The van der Waals surface area contributed by atoms with Crippen LogP contribution in [-0.2, 0) is 11.0 Å². The monoisotopic (exact) mass is 293 g/mol. The molecule has 0 bridgehead atoms. The second kappa shape index (κ2) is 5.38. The number of nitrogens with zero attached hydrogens (tertiary/aromatic N) is 1. The van der Waals surface area contributed by atoms with Gasteiger partial charge in [-0.15, -0.1) is 0 Å². The van der Waals surface area contributed by atoms with Gasteiger partial charge in [0.05, 0.1) is 26.6 Å². The van der Waals surface area contributed by atoms with Gasteiger partial charge >= 0.3 is 0 Å². The van der Waals surface area contributed by atoms with Crippen molar-refractivity contribution < 1.29 is 9.32 Å². The van der Waals surface area contributed by atoms with Crippen LogP contribution in [0.4, 0.5) is 0 Å². The van der Waals surface area contributed by atoms with E-state index < -0.39 is 15.7 Å². The number of hydrogen-bond donors (Lipinski definition) is 1. The lowest BCUT2D eigenvalue weighted by Gasteiger charge is -2.13. The number of aromatic hydroxyl groups is 1. The number of phenolic OH excluding ortho intramolecular Hbond substituents is 1. The highest BCUT2D eigenvalue weighted by atomic mass is 35.5. The summed E-state index contributed by atoms with van der Waals surface area (Å²) in [6.07, 6.45) is 1.28. The zero-order chi connectivity index (χ0) is 13.2. The molecule has 1 N–H and O–H groups in total. The van der Waals surface area contributed by atoms with Gasteiger partial charge in [-0.25, -0.2) is 4.21 Å². The van der Waals surface area contributed by atoms with Crippen LogP contribution in [0.15, 0.2) is 16.5 Å². The molecule has 0 radical (unpaired) electrons. The van der Waals surface area contributed by atoms with E-state index in [0.29, 0.717) is 5.02 Å². The first-order valence-corrected chi connectivity index (χ1v) is 6.73. The normalized spacial score (nSPS) is 14.2. The fraction of sp³-hybridized carbons (Fsp3) is 0.364. The summed E-state index contributed by atoms with van der Waals surface area (Å²) in [6, 6.07) is 2.90. The molecule has 1 aromatic carbocycles. The van der Waals surface area contributed by atoms with E-state index in [1.807, 2.05) is 0 Å². The SMILES string of the molecule is CC(C)(C)[S@@](=O)/N=C/c1c(O)ccc(Cl)c1Cl. The van der Waals surface area contributed by atoms with Crippen LogP contribution < -0.4 is 0 Å². The van der Waals surface area contributed by atoms with Crippen molar-refractivity contribution in [1.29, 1.82) is 0 Å². The molecule has 0 spiro atoms. The van der Waals surface area contributed by atoms with Gasteiger partial charge in [0.15, 0.2) is 0 Å². The van der Waals surface area contributed by atoms with Crippen LogP contribution in [0, 0.1) is 0 Å². The maximum Gasteiger partial charge on any atom is 0.144 e. The second-order valence-electron chi connectivity index (χ2n) is 4.39. The Hall–Kier alpha value is -0.580. The lowest BCUT2D eigenvalue weighted by atomic mass is 10.2. The first-order chi connectivity index (χ1) is 7.73. The van der Waals surface area contributed by atoms with E-state index in [1.54, 1.807) is 20.8 Å². The molecule has 0 aliphatic rings. The lowest BCUT2D eigenvalue weighted by molar-refractivity contribution is 0.474. The number of halogens is 2. The molecule has 1 atom stereocenters. The predicted molar refractivity (Wildman–Crippen MR) is 73.6 cm³/mol. The fourth-order valence-electron chi connectivity index (χ4n) is 0.938. The Bertz CT molecular complexity index is 481. The molecule has 3 nitrogen and oxygen atoms in total. The van der Waals surface area contributed by atoms with E-state index in [9.17, 15) is 9.32 Å². The molecule has 17 heavy (non-hydrogen) atoms. The average Bonchev–Trinajstić information content (AvgIpc) is 2.22. The zero-order valence-electron chi connectivity index (χ0n) is 9.70. The second-order valence-corrected chi connectivity index (χ2v) is 7.11. The van der Waals surface area contributed by atoms with E-state index >= 15 is 0 Å². The Kier molecular flexibility index (Phi) is 4.58. The quantitative estimate of drug-likeness (QED) is 0.847. The Morgan fingerprint density at radius 2 is 1.94 bits per heavy atom. The molecule has 0 aliphatic carbocycles. The molecule has 0 amide bonds. The summed E-state index contributed by atoms with van der Waals surface area (Å²) >= 11 is 11.7. The first-order valence-electron chi connectivity index (χ1n) is 4.86. The van der Waals surface area contributed by atoms with Crippen molar-refractivity contribution in [2.45, 2.75) is 25.5 Å². The van der Waals surface area contributed by atoms with Gasteiger partial charge < -0.3 is 5.11 Å². The van der Waals surface area contributed by atoms with Gasteiger partial charge in [-0.1, -0.05) is 23.2 Å². The van der Waals surface area contributed by atoms with E-state index in [1.165, 1.54) is 18.3 Å². The molecular weight excluding hydrogens is 281 g/mol. The molecule has 0 heterocycles. The van der Waals surface area contributed by atoms with Crippen molar-refractivity contribution in [3.63, 3.8) is 0 Å². The third-order valence-corrected chi connectivity index (χ3v) is 4.07. The highest BCUT2D eigenvalue weighted by Crippen LogP contribution is 2.31. The molecule has 1 rings (SSSR count). The zero-order valence-corrected chi connectivity index (χ0v) is 12.0. The fourth-order valence-corrected chi connectivity index (χ4v) is 1.83. The molecule has 94 valence electrons. The molecule has 0 saturated heterocycles. The molecule has 0 fully saturated rings. The summed E-state index contributed by atoms with van der Waals surface area (Å²) in [5, 5.41) is 10.1. The van der Waals surface area contributed by atoms with Crippen LogP contribution in [0.2, 0.25) is 10.0 Å². The summed E-state index contributed by atoms with van der Waals surface area (Å²) < 4.78 is 15.1. The largest absolute Gasteiger partial charge is 0.507 e. The van der Waals surface area contributed by atoms with Crippen LogP contribution in [-0.4, -0.2) is 20.3 Å². The van der Waals surface area contributed by atoms with E-state index in [4.69, 9.17) is 23.2 Å². The van der Waals surface area contributed by atoms with Crippen molar-refractivity contribution in [3.05, 3.63) is 27.7 Å². The highest BCUT2D eigenvalue weighted by molar-refractivity contribution is 7.85. The van der Waals surface area contributed by atoms with Gasteiger partial charge in [-0.3, -0.25) is 0 Å². The lowest BCUT2D eigenvalue weighted by Crippen LogP contribution is -2.19. The predicted octanol–water partition coefficient (Wildman–Crippen LogP) is 3.58. The maximum absolute atomic E-state index is 11.7. The maximum atomic E-state index is 11.7. The summed E-state index contributed by atoms with van der Waals surface area (Å²) in [7, 11) is -1.40. The summed E-state index contributed by atoms with van der Waals surface area (Å²) in [4.78, 5) is 0. The Labute approximate surface area is 113 Å². The van der Waals surface area contributed by atoms with E-state index in [2.05, 4.69) is 4.40 Å². The summed E-state index contributed by atoms with van der Waals surface area (Å²) in [5.41, 5.74) is 0.275. The van der Waals surface area contributed by atoms with Crippen LogP contribution in [0.1, 0.15) is 26.3 Å². The number of benzene rings is 1. The van der Waals surface area contributed by atoms with Crippen LogP contribution in [0.3, 0.4) is 0 Å². The molecule has 6 heteroatoms. The Morgan fingerprint density at radius 1 is 1.35 bits per heavy atom. The van der Waals surface area contributed by atoms with Crippen LogP contribution in [0.5, 0.6) is 5.75 Å². The Balaban J connectivity index is 3.08.